The van der Waals surface area contributed by atoms with Crippen molar-refractivity contribution >= 4 is 5.78 Å². The second-order valence-corrected chi connectivity index (χ2v) is 4.04. The highest BCUT2D eigenvalue weighted by Gasteiger charge is 2.33. The van der Waals surface area contributed by atoms with E-state index in [1.807, 2.05) is 30.3 Å². The van der Waals surface area contributed by atoms with Crippen molar-refractivity contribution in [3.8, 4) is 0 Å². The van der Waals surface area contributed by atoms with E-state index < -0.39 is 0 Å². The van der Waals surface area contributed by atoms with Gasteiger partial charge in [-0.1, -0.05) is 36.8 Å². The Labute approximate surface area is 90.3 Å². The van der Waals surface area contributed by atoms with Crippen LogP contribution in [0.2, 0.25) is 0 Å². The van der Waals surface area contributed by atoms with Gasteiger partial charge in [0, 0.05) is 18.6 Å². The maximum Gasteiger partial charge on any atom is 0.168 e. The molecule has 80 valence electrons. The van der Waals surface area contributed by atoms with Crippen LogP contribution in [-0.2, 0) is 4.74 Å². The normalized spacial score (nSPS) is 25.4. The summed E-state index contributed by atoms with van der Waals surface area (Å²) >= 11 is 0. The van der Waals surface area contributed by atoms with Gasteiger partial charge in [0.1, 0.15) is 0 Å². The summed E-state index contributed by atoms with van der Waals surface area (Å²) in [6, 6.07) is 9.51. The minimum absolute atomic E-state index is 0.0670. The van der Waals surface area contributed by atoms with Gasteiger partial charge in [0.25, 0.3) is 0 Å². The molecule has 0 radical (unpaired) electrons. The molecule has 0 heterocycles. The van der Waals surface area contributed by atoms with E-state index in [0.717, 1.165) is 24.8 Å². The summed E-state index contributed by atoms with van der Waals surface area (Å²) in [6.07, 6.45) is 3.20. The van der Waals surface area contributed by atoms with Gasteiger partial charge in [-0.25, -0.2) is 0 Å². The first kappa shape index (κ1) is 10.4. The highest BCUT2D eigenvalue weighted by Crippen LogP contribution is 2.30. The van der Waals surface area contributed by atoms with Crippen molar-refractivity contribution in [2.24, 2.45) is 5.92 Å². The number of ketones is 1. The second kappa shape index (κ2) is 4.58. The van der Waals surface area contributed by atoms with Gasteiger partial charge in [-0.2, -0.15) is 0 Å². The van der Waals surface area contributed by atoms with Gasteiger partial charge in [-0.3, -0.25) is 4.79 Å². The molecule has 1 aliphatic carbocycles. The molecule has 1 aromatic rings. The predicted octanol–water partition coefficient (Wildman–Crippen LogP) is 2.68. The van der Waals surface area contributed by atoms with Gasteiger partial charge >= 0.3 is 0 Å². The molecule has 0 aromatic heterocycles. The van der Waals surface area contributed by atoms with Gasteiger partial charge in [-0.15, -0.1) is 0 Å². The van der Waals surface area contributed by atoms with Crippen molar-refractivity contribution in [1.82, 2.24) is 0 Å². The maximum absolute atomic E-state index is 12.1. The van der Waals surface area contributed by atoms with Gasteiger partial charge < -0.3 is 4.74 Å². The van der Waals surface area contributed by atoms with Crippen LogP contribution < -0.4 is 0 Å². The van der Waals surface area contributed by atoms with Crippen LogP contribution in [0.15, 0.2) is 30.3 Å². The lowest BCUT2D eigenvalue weighted by molar-refractivity contribution is 0.0563. The topological polar surface area (TPSA) is 26.3 Å². The van der Waals surface area contributed by atoms with Crippen molar-refractivity contribution in [2.45, 2.75) is 25.4 Å². The molecule has 1 saturated carbocycles. The smallest absolute Gasteiger partial charge is 0.168 e. The molecule has 0 saturated heterocycles. The third-order valence-corrected chi connectivity index (χ3v) is 3.15. The summed E-state index contributed by atoms with van der Waals surface area (Å²) in [5.74, 6) is 0.303. The molecule has 2 nitrogen and oxygen atoms in total. The number of ether oxygens (including phenoxy) is 1. The lowest BCUT2D eigenvalue weighted by atomic mass is 9.94. The van der Waals surface area contributed by atoms with Crippen LogP contribution in [0.25, 0.3) is 0 Å². The van der Waals surface area contributed by atoms with Crippen molar-refractivity contribution in [1.29, 1.82) is 0 Å². The molecule has 2 heteroatoms. The van der Waals surface area contributed by atoms with Crippen molar-refractivity contribution in [3.05, 3.63) is 35.9 Å². The zero-order valence-electron chi connectivity index (χ0n) is 8.98. The SMILES string of the molecule is COC1CCCC1C(=O)c1ccccc1. The fourth-order valence-electron chi connectivity index (χ4n) is 2.32. The van der Waals surface area contributed by atoms with E-state index in [1.54, 1.807) is 7.11 Å². The molecular weight excluding hydrogens is 188 g/mol. The summed E-state index contributed by atoms with van der Waals surface area (Å²) in [7, 11) is 1.70. The fourth-order valence-corrected chi connectivity index (χ4v) is 2.32. The highest BCUT2D eigenvalue weighted by atomic mass is 16.5. The number of methoxy groups -OCH3 is 1. The van der Waals surface area contributed by atoms with E-state index in [-0.39, 0.29) is 17.8 Å². The zero-order valence-corrected chi connectivity index (χ0v) is 8.98. The van der Waals surface area contributed by atoms with Crippen LogP contribution in [0.5, 0.6) is 0 Å². The molecule has 15 heavy (non-hydrogen) atoms. The minimum Gasteiger partial charge on any atom is -0.381 e. The molecule has 0 aliphatic heterocycles. The number of carbonyl (C=O) groups is 1. The first-order valence-corrected chi connectivity index (χ1v) is 5.45. The van der Waals surface area contributed by atoms with Crippen molar-refractivity contribution in [2.75, 3.05) is 7.11 Å². The molecule has 0 bridgehead atoms. The van der Waals surface area contributed by atoms with E-state index in [1.165, 1.54) is 0 Å². The Morgan fingerprint density at radius 1 is 1.27 bits per heavy atom. The lowest BCUT2D eigenvalue weighted by Gasteiger charge is -2.16. The molecule has 0 spiro atoms. The lowest BCUT2D eigenvalue weighted by Crippen LogP contribution is -2.24. The highest BCUT2D eigenvalue weighted by molar-refractivity contribution is 5.98. The fraction of sp³-hybridized carbons (Fsp3) is 0.462. The zero-order chi connectivity index (χ0) is 10.7. The quantitative estimate of drug-likeness (QED) is 0.707. The van der Waals surface area contributed by atoms with Gasteiger partial charge in [0.05, 0.1) is 6.10 Å². The second-order valence-electron chi connectivity index (χ2n) is 4.04. The molecule has 0 N–H and O–H groups in total. The third kappa shape index (κ3) is 2.10. The van der Waals surface area contributed by atoms with Crippen LogP contribution in [0.4, 0.5) is 0 Å². The van der Waals surface area contributed by atoms with Crippen LogP contribution in [0.1, 0.15) is 29.6 Å². The van der Waals surface area contributed by atoms with E-state index in [0.29, 0.717) is 0 Å². The summed E-state index contributed by atoms with van der Waals surface area (Å²) in [5, 5.41) is 0. The molecule has 2 unspecified atom stereocenters. The standard InChI is InChI=1S/C13H16O2/c1-15-12-9-5-8-11(12)13(14)10-6-3-2-4-7-10/h2-4,6-7,11-12H,5,8-9H2,1H3. The van der Waals surface area contributed by atoms with Crippen LogP contribution >= 0.6 is 0 Å². The van der Waals surface area contributed by atoms with Gasteiger partial charge in [-0.05, 0) is 12.8 Å². The summed E-state index contributed by atoms with van der Waals surface area (Å²) in [5.41, 5.74) is 0.812. The summed E-state index contributed by atoms with van der Waals surface area (Å²) < 4.78 is 5.35. The Kier molecular flexibility index (Phi) is 3.17. The van der Waals surface area contributed by atoms with Gasteiger partial charge in [0.15, 0.2) is 5.78 Å². The number of hydrogen-bond acceptors (Lipinski definition) is 2. The Bertz CT molecular complexity index is 332. The number of carbonyl (C=O) groups excluding carboxylic acids is 1. The molecule has 1 aromatic carbocycles. The number of benzene rings is 1. The first-order chi connectivity index (χ1) is 7.33. The number of rotatable bonds is 3. The number of hydrogen-bond donors (Lipinski definition) is 0. The largest absolute Gasteiger partial charge is 0.381 e. The molecule has 2 atom stereocenters. The van der Waals surface area contributed by atoms with E-state index in [2.05, 4.69) is 0 Å². The average molecular weight is 204 g/mol. The molecule has 0 amide bonds. The van der Waals surface area contributed by atoms with E-state index in [4.69, 9.17) is 4.74 Å². The Morgan fingerprint density at radius 2 is 2.00 bits per heavy atom. The van der Waals surface area contributed by atoms with E-state index >= 15 is 0 Å². The van der Waals surface area contributed by atoms with Crippen LogP contribution in [0, 0.1) is 5.92 Å². The molecular formula is C13H16O2. The maximum atomic E-state index is 12.1. The van der Waals surface area contributed by atoms with E-state index in [9.17, 15) is 4.79 Å². The van der Waals surface area contributed by atoms with Crippen LogP contribution in [-0.4, -0.2) is 19.0 Å². The average Bonchev–Trinajstić information content (AvgIpc) is 2.77. The monoisotopic (exact) mass is 204 g/mol. The molecule has 2 rings (SSSR count). The van der Waals surface area contributed by atoms with Gasteiger partial charge in [0.2, 0.25) is 0 Å². The summed E-state index contributed by atoms with van der Waals surface area (Å²) in [6.45, 7) is 0. The molecule has 1 aliphatic rings. The Morgan fingerprint density at radius 3 is 2.67 bits per heavy atom. The Balaban J connectivity index is 2.14. The first-order valence-electron chi connectivity index (χ1n) is 5.45. The van der Waals surface area contributed by atoms with Crippen LogP contribution in [0.3, 0.4) is 0 Å². The number of Topliss-reactive ketones (excluding diaryl/α,β-unsaturated/α-hetero) is 1. The minimum atomic E-state index is 0.0670. The van der Waals surface area contributed by atoms with Crippen molar-refractivity contribution < 1.29 is 9.53 Å². The molecule has 1 fully saturated rings. The summed E-state index contributed by atoms with van der Waals surface area (Å²) in [4.78, 5) is 12.1. The Hall–Kier alpha value is -1.15. The predicted molar refractivity (Wildman–Crippen MR) is 58.9 cm³/mol. The van der Waals surface area contributed by atoms with Crippen molar-refractivity contribution in [3.63, 3.8) is 0 Å². The third-order valence-electron chi connectivity index (χ3n) is 3.15.